The number of carbonyl (C=O) groups excluding carboxylic acids is 4. The molecular weight excluding hydrogens is 368 g/mol. The highest BCUT2D eigenvalue weighted by molar-refractivity contribution is 6.15. The molecule has 0 aromatic heterocycles. The first-order chi connectivity index (χ1) is 13.5. The fourth-order valence-electron chi connectivity index (χ4n) is 2.89. The van der Waals surface area contributed by atoms with E-state index in [2.05, 4.69) is 9.47 Å². The van der Waals surface area contributed by atoms with Crippen LogP contribution in [0.15, 0.2) is 36.4 Å². The van der Waals surface area contributed by atoms with Gasteiger partial charge in [-0.15, -0.1) is 0 Å². The molecule has 142 valence electrons. The van der Waals surface area contributed by atoms with Crippen molar-refractivity contribution in [3.05, 3.63) is 58.7 Å². The second kappa shape index (κ2) is 7.15. The van der Waals surface area contributed by atoms with Crippen LogP contribution in [0.4, 0.5) is 0 Å². The van der Waals surface area contributed by atoms with E-state index in [1.54, 1.807) is 12.1 Å². The molecule has 28 heavy (non-hydrogen) atoms. The summed E-state index contributed by atoms with van der Waals surface area (Å²) >= 11 is 0. The fraction of sp³-hybridized carbons (Fsp3) is 0.200. The molecule has 0 N–H and O–H groups in total. The van der Waals surface area contributed by atoms with Crippen molar-refractivity contribution in [1.82, 2.24) is 0 Å². The molecule has 0 amide bonds. The van der Waals surface area contributed by atoms with Gasteiger partial charge < -0.3 is 18.9 Å². The van der Waals surface area contributed by atoms with E-state index in [1.165, 1.54) is 24.3 Å². The number of benzene rings is 2. The van der Waals surface area contributed by atoms with E-state index in [0.717, 1.165) is 0 Å². The minimum Gasteiger partial charge on any atom is -0.494 e. The maximum atomic E-state index is 11.5. The maximum Gasteiger partial charge on any atom is 0.347 e. The van der Waals surface area contributed by atoms with Crippen molar-refractivity contribution >= 4 is 23.9 Å². The Balaban J connectivity index is 1.22. The first kappa shape index (κ1) is 17.7. The topological polar surface area (TPSA) is 105 Å². The van der Waals surface area contributed by atoms with Crippen LogP contribution in [-0.4, -0.2) is 37.1 Å². The quantitative estimate of drug-likeness (QED) is 0.409. The van der Waals surface area contributed by atoms with Gasteiger partial charge >= 0.3 is 23.9 Å². The molecule has 0 saturated carbocycles. The van der Waals surface area contributed by atoms with Crippen LogP contribution < -0.4 is 9.47 Å². The normalized spacial score (nSPS) is 14.4. The van der Waals surface area contributed by atoms with Crippen molar-refractivity contribution in [2.45, 2.75) is 12.8 Å². The number of carbonyl (C=O) groups is 4. The molecule has 0 saturated heterocycles. The lowest BCUT2D eigenvalue weighted by atomic mass is 10.1. The summed E-state index contributed by atoms with van der Waals surface area (Å²) in [5.41, 5.74) is 0.898. The Labute approximate surface area is 158 Å². The van der Waals surface area contributed by atoms with Crippen molar-refractivity contribution < 1.29 is 38.1 Å². The number of unbranched alkanes of at least 4 members (excludes halogenated alkanes) is 1. The van der Waals surface area contributed by atoms with Gasteiger partial charge in [0.1, 0.15) is 11.5 Å². The second-order valence-corrected chi connectivity index (χ2v) is 6.17. The predicted octanol–water partition coefficient (Wildman–Crippen LogP) is 2.55. The van der Waals surface area contributed by atoms with Crippen LogP contribution in [0.25, 0.3) is 0 Å². The summed E-state index contributed by atoms with van der Waals surface area (Å²) in [6.45, 7) is 0.798. The van der Waals surface area contributed by atoms with Crippen LogP contribution in [0.2, 0.25) is 0 Å². The molecular formula is C20H14O8. The first-order valence-electron chi connectivity index (χ1n) is 8.59. The molecule has 2 aromatic rings. The molecule has 8 nitrogen and oxygen atoms in total. The number of rotatable bonds is 7. The Morgan fingerprint density at radius 2 is 0.964 bits per heavy atom. The number of ether oxygens (including phenoxy) is 4. The molecule has 2 aliphatic heterocycles. The zero-order chi connectivity index (χ0) is 19.7. The minimum atomic E-state index is -0.668. The Bertz CT molecular complexity index is 926. The standard InChI is InChI=1S/C20H14O8/c21-17-13-5-3-11(9-15(13)19(23)27-17)25-7-1-2-8-26-12-4-6-14-16(10-12)20(24)28-18(14)22/h3-6,9-10H,1-2,7-8H2. The first-order valence-corrected chi connectivity index (χ1v) is 8.59. The van der Waals surface area contributed by atoms with Gasteiger partial charge in [-0.1, -0.05) is 0 Å². The van der Waals surface area contributed by atoms with E-state index >= 15 is 0 Å². The highest BCUT2D eigenvalue weighted by Gasteiger charge is 2.30. The number of fused-ring (bicyclic) bond motifs is 2. The van der Waals surface area contributed by atoms with E-state index < -0.39 is 23.9 Å². The van der Waals surface area contributed by atoms with Crippen molar-refractivity contribution in [3.63, 3.8) is 0 Å². The predicted molar refractivity (Wildman–Crippen MR) is 92.6 cm³/mol. The summed E-state index contributed by atoms with van der Waals surface area (Å²) in [4.78, 5) is 45.8. The summed E-state index contributed by atoms with van der Waals surface area (Å²) in [6, 6.07) is 9.21. The van der Waals surface area contributed by atoms with Crippen LogP contribution in [0, 0.1) is 0 Å². The molecule has 8 heteroatoms. The van der Waals surface area contributed by atoms with E-state index in [0.29, 0.717) is 37.6 Å². The third-order valence-corrected chi connectivity index (χ3v) is 4.31. The largest absolute Gasteiger partial charge is 0.494 e. The van der Waals surface area contributed by atoms with E-state index in [9.17, 15) is 19.2 Å². The van der Waals surface area contributed by atoms with Gasteiger partial charge in [0.05, 0.1) is 35.5 Å². The third kappa shape index (κ3) is 3.32. The van der Waals surface area contributed by atoms with Crippen LogP contribution in [-0.2, 0) is 9.47 Å². The molecule has 2 aliphatic rings. The van der Waals surface area contributed by atoms with Gasteiger partial charge in [-0.3, -0.25) is 0 Å². The fourth-order valence-corrected chi connectivity index (χ4v) is 2.89. The van der Waals surface area contributed by atoms with Crippen LogP contribution in [0.5, 0.6) is 11.5 Å². The molecule has 0 spiro atoms. The van der Waals surface area contributed by atoms with Gasteiger partial charge in [-0.2, -0.15) is 0 Å². The summed E-state index contributed by atoms with van der Waals surface area (Å²) < 4.78 is 20.2. The van der Waals surface area contributed by atoms with Gasteiger partial charge in [0.15, 0.2) is 0 Å². The highest BCUT2D eigenvalue weighted by atomic mass is 16.6. The molecule has 0 fully saturated rings. The number of cyclic esters (lactones) is 4. The maximum absolute atomic E-state index is 11.5. The summed E-state index contributed by atoms with van der Waals surface area (Å²) in [5.74, 6) is -1.67. The lowest BCUT2D eigenvalue weighted by molar-refractivity contribution is 0.0425. The molecule has 0 radical (unpaired) electrons. The number of hydrogen-bond donors (Lipinski definition) is 0. The van der Waals surface area contributed by atoms with Crippen molar-refractivity contribution in [2.75, 3.05) is 13.2 Å². The summed E-state index contributed by atoms with van der Waals surface area (Å²) in [6.07, 6.45) is 1.37. The van der Waals surface area contributed by atoms with Gasteiger partial charge in [-0.05, 0) is 49.2 Å². The number of esters is 4. The minimum absolute atomic E-state index is 0.208. The Kier molecular flexibility index (Phi) is 4.52. The zero-order valence-corrected chi connectivity index (χ0v) is 14.6. The van der Waals surface area contributed by atoms with Gasteiger partial charge in [0.25, 0.3) is 0 Å². The third-order valence-electron chi connectivity index (χ3n) is 4.31. The summed E-state index contributed by atoms with van der Waals surface area (Å²) in [7, 11) is 0. The smallest absolute Gasteiger partial charge is 0.347 e. The van der Waals surface area contributed by atoms with E-state index in [4.69, 9.17) is 9.47 Å². The lowest BCUT2D eigenvalue weighted by Gasteiger charge is -2.08. The molecule has 0 unspecified atom stereocenters. The van der Waals surface area contributed by atoms with E-state index in [-0.39, 0.29) is 22.3 Å². The van der Waals surface area contributed by atoms with Crippen LogP contribution >= 0.6 is 0 Å². The zero-order valence-electron chi connectivity index (χ0n) is 14.6. The molecule has 4 rings (SSSR count). The average Bonchev–Trinajstić information content (AvgIpc) is 3.13. The SMILES string of the molecule is O=C1OC(=O)c2cc(OCCCCOc3ccc4c(c3)C(=O)OC4=O)ccc21. The Morgan fingerprint density at radius 3 is 1.39 bits per heavy atom. The van der Waals surface area contributed by atoms with Crippen LogP contribution in [0.3, 0.4) is 0 Å². The van der Waals surface area contributed by atoms with Gasteiger partial charge in [0, 0.05) is 0 Å². The van der Waals surface area contributed by atoms with Crippen molar-refractivity contribution in [1.29, 1.82) is 0 Å². The second-order valence-electron chi connectivity index (χ2n) is 6.17. The molecule has 0 bridgehead atoms. The van der Waals surface area contributed by atoms with Crippen molar-refractivity contribution in [2.24, 2.45) is 0 Å². The molecule has 0 aliphatic carbocycles. The average molecular weight is 382 g/mol. The molecule has 2 aromatic carbocycles. The Hall–Kier alpha value is -3.68. The highest BCUT2D eigenvalue weighted by Crippen LogP contribution is 2.26. The van der Waals surface area contributed by atoms with Gasteiger partial charge in [0.2, 0.25) is 0 Å². The van der Waals surface area contributed by atoms with E-state index in [1.807, 2.05) is 0 Å². The Morgan fingerprint density at radius 1 is 0.571 bits per heavy atom. The lowest BCUT2D eigenvalue weighted by Crippen LogP contribution is -2.04. The van der Waals surface area contributed by atoms with Crippen molar-refractivity contribution in [3.8, 4) is 11.5 Å². The molecule has 2 heterocycles. The van der Waals surface area contributed by atoms with Gasteiger partial charge in [-0.25, -0.2) is 19.2 Å². The number of hydrogen-bond acceptors (Lipinski definition) is 8. The van der Waals surface area contributed by atoms with Crippen LogP contribution in [0.1, 0.15) is 54.3 Å². The monoisotopic (exact) mass is 382 g/mol. The summed E-state index contributed by atoms with van der Waals surface area (Å²) in [5, 5.41) is 0. The molecule has 0 atom stereocenters.